The van der Waals surface area contributed by atoms with E-state index < -0.39 is 0 Å². The van der Waals surface area contributed by atoms with Gasteiger partial charge in [0.25, 0.3) is 0 Å². The molecule has 2 saturated heterocycles. The largest absolute Gasteiger partial charge is 0.496 e. The van der Waals surface area contributed by atoms with Gasteiger partial charge in [0.05, 0.1) is 7.11 Å². The first kappa shape index (κ1) is 22.6. The van der Waals surface area contributed by atoms with E-state index in [9.17, 15) is 9.59 Å². The minimum Gasteiger partial charge on any atom is -0.496 e. The number of carbonyl (C=O) groups excluding carboxylic acids is 2. The lowest BCUT2D eigenvalue weighted by atomic mass is 9.97. The van der Waals surface area contributed by atoms with Crippen molar-refractivity contribution in [2.45, 2.75) is 44.9 Å². The second-order valence-corrected chi connectivity index (χ2v) is 8.73. The second kappa shape index (κ2) is 11.3. The molecule has 2 amide bonds. The molecule has 0 spiro atoms. The summed E-state index contributed by atoms with van der Waals surface area (Å²) >= 11 is 0. The van der Waals surface area contributed by atoms with Crippen LogP contribution in [0.2, 0.25) is 0 Å². The van der Waals surface area contributed by atoms with Gasteiger partial charge < -0.3 is 19.4 Å². The maximum Gasteiger partial charge on any atom is 0.222 e. The molecule has 2 heterocycles. The van der Waals surface area contributed by atoms with E-state index in [0.29, 0.717) is 18.8 Å². The molecule has 0 aromatic heterocycles. The van der Waals surface area contributed by atoms with Gasteiger partial charge in [0, 0.05) is 52.6 Å². The van der Waals surface area contributed by atoms with Gasteiger partial charge in [0.15, 0.2) is 0 Å². The molecule has 2 aliphatic rings. The van der Waals surface area contributed by atoms with E-state index in [0.717, 1.165) is 64.3 Å². The summed E-state index contributed by atoms with van der Waals surface area (Å²) < 4.78 is 5.47. The predicted octanol–water partition coefficient (Wildman–Crippen LogP) is 2.81. The summed E-state index contributed by atoms with van der Waals surface area (Å²) in [4.78, 5) is 30.5. The maximum absolute atomic E-state index is 12.5. The van der Waals surface area contributed by atoms with E-state index in [2.05, 4.69) is 17.0 Å². The van der Waals surface area contributed by atoms with Gasteiger partial charge in [-0.2, -0.15) is 0 Å². The number of carbonyl (C=O) groups is 2. The van der Waals surface area contributed by atoms with E-state index in [1.807, 2.05) is 29.0 Å². The number of methoxy groups -OCH3 is 1. The van der Waals surface area contributed by atoms with Gasteiger partial charge in [-0.05, 0) is 56.2 Å². The number of amides is 2. The highest BCUT2D eigenvalue weighted by Gasteiger charge is 2.23. The van der Waals surface area contributed by atoms with Crippen molar-refractivity contribution in [2.24, 2.45) is 5.92 Å². The lowest BCUT2D eigenvalue weighted by molar-refractivity contribution is -0.132. The van der Waals surface area contributed by atoms with Crippen LogP contribution < -0.4 is 4.74 Å². The van der Waals surface area contributed by atoms with Gasteiger partial charge in [-0.15, -0.1) is 0 Å². The lowest BCUT2D eigenvalue weighted by Gasteiger charge is -2.35. The highest BCUT2D eigenvalue weighted by molar-refractivity contribution is 5.78. The first-order chi connectivity index (χ1) is 14.6. The van der Waals surface area contributed by atoms with Gasteiger partial charge in [-0.25, -0.2) is 0 Å². The number of para-hydroxylation sites is 1. The molecule has 2 aliphatic heterocycles. The maximum atomic E-state index is 12.5. The minimum atomic E-state index is 0.202. The number of benzene rings is 1. The van der Waals surface area contributed by atoms with Crippen molar-refractivity contribution in [1.82, 2.24) is 14.7 Å². The molecule has 1 unspecified atom stereocenters. The summed E-state index contributed by atoms with van der Waals surface area (Å²) in [5.41, 5.74) is 1.26. The Hall–Kier alpha value is -2.08. The van der Waals surface area contributed by atoms with Gasteiger partial charge in [-0.3, -0.25) is 9.59 Å². The fourth-order valence-electron chi connectivity index (χ4n) is 4.73. The number of hydrogen-bond acceptors (Lipinski definition) is 4. The van der Waals surface area contributed by atoms with Crippen LogP contribution >= 0.6 is 0 Å². The topological polar surface area (TPSA) is 53.1 Å². The summed E-state index contributed by atoms with van der Waals surface area (Å²) in [6.45, 7) is 5.61. The van der Waals surface area contributed by atoms with E-state index in [-0.39, 0.29) is 11.8 Å². The van der Waals surface area contributed by atoms with Gasteiger partial charge in [0.2, 0.25) is 11.8 Å². The molecule has 6 nitrogen and oxygen atoms in total. The zero-order chi connectivity index (χ0) is 21.3. The number of ether oxygens (including phenoxy) is 1. The number of nitrogens with zero attached hydrogens (tertiary/aromatic N) is 3. The minimum absolute atomic E-state index is 0.202. The van der Waals surface area contributed by atoms with Crippen LogP contribution in [0.5, 0.6) is 5.75 Å². The normalized spacial score (nSPS) is 19.9. The predicted molar refractivity (Wildman–Crippen MR) is 119 cm³/mol. The van der Waals surface area contributed by atoms with Crippen LogP contribution in [-0.2, 0) is 16.0 Å². The third-order valence-corrected chi connectivity index (χ3v) is 6.44. The fourth-order valence-corrected chi connectivity index (χ4v) is 4.73. The van der Waals surface area contributed by atoms with Crippen LogP contribution in [-0.4, -0.2) is 79.9 Å². The van der Waals surface area contributed by atoms with Gasteiger partial charge in [-0.1, -0.05) is 18.2 Å². The molecule has 1 aromatic rings. The third-order valence-electron chi connectivity index (χ3n) is 6.44. The summed E-state index contributed by atoms with van der Waals surface area (Å²) in [5.74, 6) is 1.94. The molecular formula is C24H37N3O3. The number of piperidine rings is 1. The molecule has 1 atom stereocenters. The molecule has 0 saturated carbocycles. The van der Waals surface area contributed by atoms with Crippen LogP contribution in [0.1, 0.15) is 44.1 Å². The molecule has 0 N–H and O–H groups in total. The van der Waals surface area contributed by atoms with Crippen LogP contribution in [0.4, 0.5) is 0 Å². The number of hydrogen-bond donors (Lipinski definition) is 0. The van der Waals surface area contributed by atoms with Crippen molar-refractivity contribution in [2.75, 3.05) is 53.4 Å². The molecule has 30 heavy (non-hydrogen) atoms. The average Bonchev–Trinajstić information content (AvgIpc) is 3.17. The smallest absolute Gasteiger partial charge is 0.222 e. The van der Waals surface area contributed by atoms with E-state index >= 15 is 0 Å². The standard InChI is InChI=1S/C24H37N3O3/c1-25(23(28)11-6-15-27-16-7-12-24(27)29)18-20-8-5-14-26(19-20)17-13-21-9-3-4-10-22(21)30-2/h3-4,9-10,20H,5-8,11-19H2,1-2H3. The Bertz CT molecular complexity index is 709. The quantitative estimate of drug-likeness (QED) is 0.590. The Kier molecular flexibility index (Phi) is 8.55. The first-order valence-electron chi connectivity index (χ1n) is 11.4. The van der Waals surface area contributed by atoms with E-state index in [1.165, 1.54) is 18.4 Å². The summed E-state index contributed by atoms with van der Waals surface area (Å²) in [6.07, 6.45) is 6.29. The van der Waals surface area contributed by atoms with Crippen molar-refractivity contribution in [3.8, 4) is 5.75 Å². The molecule has 2 fully saturated rings. The van der Waals surface area contributed by atoms with Crippen molar-refractivity contribution in [1.29, 1.82) is 0 Å². The number of rotatable bonds is 10. The Morgan fingerprint density at radius 1 is 1.20 bits per heavy atom. The highest BCUT2D eigenvalue weighted by Crippen LogP contribution is 2.21. The Labute approximate surface area is 181 Å². The first-order valence-corrected chi connectivity index (χ1v) is 11.4. The molecule has 166 valence electrons. The second-order valence-electron chi connectivity index (χ2n) is 8.73. The molecule has 6 heteroatoms. The zero-order valence-corrected chi connectivity index (χ0v) is 18.6. The van der Waals surface area contributed by atoms with Crippen molar-refractivity contribution in [3.05, 3.63) is 29.8 Å². The third kappa shape index (κ3) is 6.46. The molecular weight excluding hydrogens is 378 g/mol. The van der Waals surface area contributed by atoms with E-state index in [4.69, 9.17) is 4.74 Å². The highest BCUT2D eigenvalue weighted by atomic mass is 16.5. The Morgan fingerprint density at radius 2 is 2.03 bits per heavy atom. The van der Waals surface area contributed by atoms with Crippen LogP contribution in [0, 0.1) is 5.92 Å². The molecule has 0 aliphatic carbocycles. The van der Waals surface area contributed by atoms with Crippen molar-refractivity contribution >= 4 is 11.8 Å². The van der Waals surface area contributed by atoms with Crippen molar-refractivity contribution < 1.29 is 14.3 Å². The SMILES string of the molecule is COc1ccccc1CCN1CCCC(CN(C)C(=O)CCCN2CCCC2=O)C1. The van der Waals surface area contributed by atoms with Gasteiger partial charge >= 0.3 is 0 Å². The summed E-state index contributed by atoms with van der Waals surface area (Å²) in [6, 6.07) is 8.24. The lowest BCUT2D eigenvalue weighted by Crippen LogP contribution is -2.42. The Balaban J connectivity index is 1.38. The molecule has 3 rings (SSSR count). The number of likely N-dealkylation sites (tertiary alicyclic amines) is 2. The van der Waals surface area contributed by atoms with Crippen molar-refractivity contribution in [3.63, 3.8) is 0 Å². The summed E-state index contributed by atoms with van der Waals surface area (Å²) in [7, 11) is 3.66. The summed E-state index contributed by atoms with van der Waals surface area (Å²) in [5, 5.41) is 0. The molecule has 1 aromatic carbocycles. The van der Waals surface area contributed by atoms with Gasteiger partial charge in [0.1, 0.15) is 5.75 Å². The molecule has 0 bridgehead atoms. The van der Waals surface area contributed by atoms with Crippen LogP contribution in [0.15, 0.2) is 24.3 Å². The molecule has 0 radical (unpaired) electrons. The average molecular weight is 416 g/mol. The fraction of sp³-hybridized carbons (Fsp3) is 0.667. The Morgan fingerprint density at radius 3 is 2.80 bits per heavy atom. The monoisotopic (exact) mass is 415 g/mol. The van der Waals surface area contributed by atoms with E-state index in [1.54, 1.807) is 7.11 Å². The van der Waals surface area contributed by atoms with Crippen LogP contribution in [0.25, 0.3) is 0 Å². The zero-order valence-electron chi connectivity index (χ0n) is 18.6. The van der Waals surface area contributed by atoms with Crippen LogP contribution in [0.3, 0.4) is 0 Å².